The highest BCUT2D eigenvalue weighted by Crippen LogP contribution is 2.40. The average Bonchev–Trinajstić information content (AvgIpc) is 3.00. The van der Waals surface area contributed by atoms with Crippen LogP contribution in [0.3, 0.4) is 0 Å². The van der Waals surface area contributed by atoms with E-state index >= 15 is 0 Å². The molecular weight excluding hydrogens is 350 g/mol. The summed E-state index contributed by atoms with van der Waals surface area (Å²) in [5.74, 6) is -0.0228. The zero-order valence-corrected chi connectivity index (χ0v) is 15.2. The second-order valence-corrected chi connectivity index (χ2v) is 8.01. The molecule has 5 N–H and O–H groups in total. The van der Waals surface area contributed by atoms with Crippen molar-refractivity contribution in [3.63, 3.8) is 0 Å². The number of anilines is 1. The lowest BCUT2D eigenvalue weighted by molar-refractivity contribution is 0.0761. The summed E-state index contributed by atoms with van der Waals surface area (Å²) in [6.07, 6.45) is 3.51. The maximum absolute atomic E-state index is 12.3. The van der Waals surface area contributed by atoms with Crippen LogP contribution in [0.1, 0.15) is 39.5 Å². The number of nitrogens with zero attached hydrogens (tertiary/aromatic N) is 2. The number of nitrogens with two attached hydrogens (primary N) is 2. The van der Waals surface area contributed by atoms with Gasteiger partial charge in [0.2, 0.25) is 5.95 Å². The summed E-state index contributed by atoms with van der Waals surface area (Å²) in [6.45, 7) is 4.12. The molecule has 0 amide bonds. The third-order valence-electron chi connectivity index (χ3n) is 4.29. The molecule has 0 aliphatic carbocycles. The molecule has 132 valence electrons. The van der Waals surface area contributed by atoms with Crippen molar-refractivity contribution >= 4 is 39.6 Å². The summed E-state index contributed by atoms with van der Waals surface area (Å²) in [7, 11) is 0. The van der Waals surface area contributed by atoms with E-state index in [1.165, 1.54) is 15.9 Å². The summed E-state index contributed by atoms with van der Waals surface area (Å²) in [5.41, 5.74) is 11.1. The quantitative estimate of drug-likeness (QED) is 0.721. The van der Waals surface area contributed by atoms with Gasteiger partial charge in [-0.25, -0.2) is 3.97 Å². The van der Waals surface area contributed by atoms with E-state index in [9.17, 15) is 9.59 Å². The van der Waals surface area contributed by atoms with E-state index in [4.69, 9.17) is 16.2 Å². The second kappa shape index (κ2) is 6.51. The number of aromatic amines is 1. The van der Waals surface area contributed by atoms with Crippen LogP contribution in [0.2, 0.25) is 0 Å². The number of rotatable bonds is 5. The van der Waals surface area contributed by atoms with Crippen molar-refractivity contribution in [1.29, 1.82) is 0 Å². The molecule has 1 aliphatic heterocycles. The fraction of sp³-hybridized carbons (Fsp3) is 0.643. The minimum absolute atomic E-state index is 0.0228. The van der Waals surface area contributed by atoms with Crippen molar-refractivity contribution in [2.45, 2.75) is 56.6 Å². The first-order valence-corrected chi connectivity index (χ1v) is 9.56. The Morgan fingerprint density at radius 2 is 2.25 bits per heavy atom. The van der Waals surface area contributed by atoms with Gasteiger partial charge in [-0.3, -0.25) is 14.6 Å². The molecule has 10 heteroatoms. The van der Waals surface area contributed by atoms with E-state index in [2.05, 4.69) is 16.9 Å². The number of nitrogens with one attached hydrogen (secondary N) is 1. The predicted molar refractivity (Wildman–Crippen MR) is 97.3 cm³/mol. The fourth-order valence-electron chi connectivity index (χ4n) is 2.91. The monoisotopic (exact) mass is 371 g/mol. The maximum Gasteiger partial charge on any atom is 0.319 e. The van der Waals surface area contributed by atoms with Gasteiger partial charge in [-0.1, -0.05) is 31.6 Å². The van der Waals surface area contributed by atoms with Crippen LogP contribution in [0.25, 0.3) is 10.3 Å². The second-order valence-electron chi connectivity index (χ2n) is 6.04. The Hall–Kier alpha value is -1.36. The highest BCUT2D eigenvalue weighted by molar-refractivity contribution is 7.98. The minimum Gasteiger partial charge on any atom is -0.369 e. The van der Waals surface area contributed by atoms with Crippen LogP contribution in [-0.2, 0) is 4.74 Å². The molecule has 1 fully saturated rings. The summed E-state index contributed by atoms with van der Waals surface area (Å²) >= 11 is 2.03. The number of H-pyrrole nitrogens is 1. The lowest BCUT2D eigenvalue weighted by Gasteiger charge is -2.27. The highest BCUT2D eigenvalue weighted by Gasteiger charge is 2.45. The molecule has 1 saturated heterocycles. The molecule has 0 spiro atoms. The van der Waals surface area contributed by atoms with E-state index < -0.39 is 11.1 Å². The van der Waals surface area contributed by atoms with Crippen molar-refractivity contribution < 1.29 is 4.74 Å². The van der Waals surface area contributed by atoms with E-state index in [1.807, 2.05) is 6.92 Å². The lowest BCUT2D eigenvalue weighted by Crippen LogP contribution is -2.46. The van der Waals surface area contributed by atoms with E-state index in [1.54, 1.807) is 0 Å². The van der Waals surface area contributed by atoms with Crippen LogP contribution in [-0.4, -0.2) is 31.0 Å². The zero-order valence-electron chi connectivity index (χ0n) is 13.6. The van der Waals surface area contributed by atoms with Crippen LogP contribution in [0, 0.1) is 0 Å². The van der Waals surface area contributed by atoms with Crippen LogP contribution in [0.5, 0.6) is 0 Å². The van der Waals surface area contributed by atoms with Crippen molar-refractivity contribution in [3.8, 4) is 0 Å². The van der Waals surface area contributed by atoms with Gasteiger partial charge in [0, 0.05) is 0 Å². The third-order valence-corrected chi connectivity index (χ3v) is 6.65. The minimum atomic E-state index is -0.523. The van der Waals surface area contributed by atoms with E-state index in [-0.39, 0.29) is 32.7 Å². The molecule has 3 unspecified atom stereocenters. The summed E-state index contributed by atoms with van der Waals surface area (Å²) in [6, 6.07) is 0. The zero-order chi connectivity index (χ0) is 17.5. The Bertz CT molecular complexity index is 860. The molecule has 0 aromatic carbocycles. The Kier molecular flexibility index (Phi) is 4.73. The Labute approximate surface area is 146 Å². The summed E-state index contributed by atoms with van der Waals surface area (Å²) in [4.78, 5) is 30.5. The molecule has 2 aromatic heterocycles. The standard InChI is InChI=1S/C14H21N5O3S2/c1-3-5-7-6-14(16,4-2)11(22-7)24-19-9-8(23-13(19)21)10(20)18-12(15)17-9/h7,11H,3-6,16H2,1-2H3,(H3,15,17,18,20). The molecule has 0 radical (unpaired) electrons. The van der Waals surface area contributed by atoms with Gasteiger partial charge in [-0.2, -0.15) is 4.98 Å². The molecule has 3 rings (SSSR count). The molecule has 3 heterocycles. The smallest absolute Gasteiger partial charge is 0.319 e. The van der Waals surface area contributed by atoms with E-state index in [0.29, 0.717) is 0 Å². The predicted octanol–water partition coefficient (Wildman–Crippen LogP) is 1.25. The highest BCUT2D eigenvalue weighted by atomic mass is 32.2. The van der Waals surface area contributed by atoms with Crippen LogP contribution in [0.15, 0.2) is 9.59 Å². The van der Waals surface area contributed by atoms with Crippen LogP contribution in [0.4, 0.5) is 5.95 Å². The first-order chi connectivity index (χ1) is 11.4. The molecule has 0 saturated carbocycles. The van der Waals surface area contributed by atoms with Gasteiger partial charge in [0.25, 0.3) is 5.56 Å². The molecule has 3 atom stereocenters. The number of hydrogen-bond acceptors (Lipinski definition) is 8. The number of aromatic nitrogens is 3. The largest absolute Gasteiger partial charge is 0.369 e. The average molecular weight is 371 g/mol. The van der Waals surface area contributed by atoms with Crippen molar-refractivity contribution in [3.05, 3.63) is 20.0 Å². The van der Waals surface area contributed by atoms with Gasteiger partial charge in [-0.15, -0.1) is 0 Å². The molecular formula is C14H21N5O3S2. The van der Waals surface area contributed by atoms with Gasteiger partial charge in [0.15, 0.2) is 5.65 Å². The number of ether oxygens (including phenoxy) is 1. The van der Waals surface area contributed by atoms with Gasteiger partial charge in [-0.05, 0) is 31.2 Å². The SMILES string of the molecule is CCCC1CC(N)(CC)C(Sn2c(=O)sc3c(=O)[nH]c(N)nc32)O1. The lowest BCUT2D eigenvalue weighted by atomic mass is 9.93. The Morgan fingerprint density at radius 1 is 1.50 bits per heavy atom. The first kappa shape index (κ1) is 17.5. The Balaban J connectivity index is 1.99. The van der Waals surface area contributed by atoms with Gasteiger partial charge in [0.1, 0.15) is 10.1 Å². The number of hydrogen-bond donors (Lipinski definition) is 3. The van der Waals surface area contributed by atoms with Gasteiger partial charge >= 0.3 is 4.87 Å². The number of nitrogen functional groups attached to an aromatic ring is 1. The molecule has 1 aliphatic rings. The van der Waals surface area contributed by atoms with Crippen molar-refractivity contribution in [2.75, 3.05) is 5.73 Å². The first-order valence-electron chi connectivity index (χ1n) is 7.90. The van der Waals surface area contributed by atoms with Crippen LogP contribution >= 0.6 is 23.3 Å². The molecule has 8 nitrogen and oxygen atoms in total. The Morgan fingerprint density at radius 3 is 2.92 bits per heavy atom. The van der Waals surface area contributed by atoms with Crippen LogP contribution < -0.4 is 21.9 Å². The molecule has 24 heavy (non-hydrogen) atoms. The maximum atomic E-state index is 12.3. The number of fused-ring (bicyclic) bond motifs is 1. The van der Waals surface area contributed by atoms with Crippen molar-refractivity contribution in [1.82, 2.24) is 13.9 Å². The molecule has 0 bridgehead atoms. The summed E-state index contributed by atoms with van der Waals surface area (Å²) in [5, 5.41) is 0. The third kappa shape index (κ3) is 2.99. The molecule has 2 aromatic rings. The van der Waals surface area contributed by atoms with Gasteiger partial charge in [0.05, 0.1) is 11.6 Å². The van der Waals surface area contributed by atoms with E-state index in [0.717, 1.165) is 37.0 Å². The number of thiazole rings is 1. The normalized spacial score (nSPS) is 27.1. The summed E-state index contributed by atoms with van der Waals surface area (Å²) < 4.78 is 7.71. The van der Waals surface area contributed by atoms with Gasteiger partial charge < -0.3 is 16.2 Å². The topological polar surface area (TPSA) is 129 Å². The van der Waals surface area contributed by atoms with Crippen molar-refractivity contribution in [2.24, 2.45) is 5.73 Å². The fourth-order valence-corrected chi connectivity index (χ4v) is 5.12.